The summed E-state index contributed by atoms with van der Waals surface area (Å²) in [6.07, 6.45) is 3.81. The summed E-state index contributed by atoms with van der Waals surface area (Å²) in [6.45, 7) is 2.11. The van der Waals surface area contributed by atoms with E-state index in [1.807, 2.05) is 6.07 Å². The van der Waals surface area contributed by atoms with Crippen LogP contribution in [-0.4, -0.2) is 26.2 Å². The molecule has 0 amide bonds. The Labute approximate surface area is 110 Å². The average molecular weight is 299 g/mol. The first-order valence-corrected chi connectivity index (χ1v) is 6.93. The van der Waals surface area contributed by atoms with Gasteiger partial charge in [0.2, 0.25) is 0 Å². The SMILES string of the molecule is CN1CC2CCCCN2c2cc(Br)c(F)cc21. The van der Waals surface area contributed by atoms with Crippen molar-refractivity contribution in [3.8, 4) is 0 Å². The number of benzene rings is 1. The zero-order chi connectivity index (χ0) is 12.0. The molecule has 1 aromatic rings. The van der Waals surface area contributed by atoms with Gasteiger partial charge >= 0.3 is 0 Å². The van der Waals surface area contributed by atoms with Crippen molar-refractivity contribution >= 4 is 27.3 Å². The van der Waals surface area contributed by atoms with Gasteiger partial charge in [-0.05, 0) is 41.3 Å². The predicted molar refractivity (Wildman–Crippen MR) is 72.4 cm³/mol. The quantitative estimate of drug-likeness (QED) is 0.724. The number of rotatable bonds is 0. The van der Waals surface area contributed by atoms with Crippen LogP contribution in [0.25, 0.3) is 0 Å². The van der Waals surface area contributed by atoms with Crippen LogP contribution >= 0.6 is 15.9 Å². The van der Waals surface area contributed by atoms with E-state index in [1.165, 1.54) is 24.9 Å². The van der Waals surface area contributed by atoms with E-state index in [0.717, 1.165) is 18.8 Å². The molecule has 2 aliphatic heterocycles. The van der Waals surface area contributed by atoms with Crippen LogP contribution in [0.1, 0.15) is 19.3 Å². The standard InChI is InChI=1S/C13H16BrFN2/c1-16-8-9-4-2-3-5-17(9)13-6-10(14)11(15)7-12(13)16/h6-7,9H,2-5,8H2,1H3. The zero-order valence-electron chi connectivity index (χ0n) is 9.92. The number of piperidine rings is 1. The van der Waals surface area contributed by atoms with E-state index in [2.05, 4.69) is 32.8 Å². The summed E-state index contributed by atoms with van der Waals surface area (Å²) >= 11 is 3.29. The molecule has 0 aliphatic carbocycles. The van der Waals surface area contributed by atoms with E-state index in [9.17, 15) is 4.39 Å². The van der Waals surface area contributed by atoms with Crippen LogP contribution in [0.15, 0.2) is 16.6 Å². The summed E-state index contributed by atoms with van der Waals surface area (Å²) in [5.41, 5.74) is 2.19. The molecule has 1 fully saturated rings. The molecule has 1 aromatic carbocycles. The van der Waals surface area contributed by atoms with Crippen molar-refractivity contribution in [3.05, 3.63) is 22.4 Å². The van der Waals surface area contributed by atoms with Gasteiger partial charge in [-0.25, -0.2) is 4.39 Å². The molecule has 1 unspecified atom stereocenters. The Hall–Kier alpha value is -0.770. The second-order valence-corrected chi connectivity index (χ2v) is 5.83. The number of nitrogens with zero attached hydrogens (tertiary/aromatic N) is 2. The van der Waals surface area contributed by atoms with E-state index in [1.54, 1.807) is 6.07 Å². The summed E-state index contributed by atoms with van der Waals surface area (Å²) < 4.78 is 14.2. The second-order valence-electron chi connectivity index (χ2n) is 4.98. The first-order valence-electron chi connectivity index (χ1n) is 6.13. The highest BCUT2D eigenvalue weighted by molar-refractivity contribution is 9.10. The molecule has 3 rings (SSSR count). The van der Waals surface area contributed by atoms with Crippen LogP contribution in [-0.2, 0) is 0 Å². The number of fused-ring (bicyclic) bond motifs is 3. The molecule has 17 heavy (non-hydrogen) atoms. The fraction of sp³-hybridized carbons (Fsp3) is 0.538. The molecule has 0 N–H and O–H groups in total. The van der Waals surface area contributed by atoms with E-state index < -0.39 is 0 Å². The van der Waals surface area contributed by atoms with Crippen molar-refractivity contribution in [2.45, 2.75) is 25.3 Å². The van der Waals surface area contributed by atoms with Crippen LogP contribution in [0.4, 0.5) is 15.8 Å². The minimum Gasteiger partial charge on any atom is -0.371 e. The number of anilines is 2. The fourth-order valence-electron chi connectivity index (χ4n) is 2.98. The Balaban J connectivity index is 2.08. The normalized spacial score (nSPS) is 23.4. The molecular formula is C13H16BrFN2. The van der Waals surface area contributed by atoms with Gasteiger partial charge < -0.3 is 9.80 Å². The Morgan fingerprint density at radius 2 is 2.12 bits per heavy atom. The number of hydrogen-bond acceptors (Lipinski definition) is 2. The molecule has 4 heteroatoms. The minimum atomic E-state index is -0.175. The van der Waals surface area contributed by atoms with Crippen molar-refractivity contribution < 1.29 is 4.39 Å². The molecule has 0 spiro atoms. The van der Waals surface area contributed by atoms with Gasteiger partial charge in [-0.15, -0.1) is 0 Å². The smallest absolute Gasteiger partial charge is 0.139 e. The summed E-state index contributed by atoms with van der Waals surface area (Å²) in [7, 11) is 2.05. The lowest BCUT2D eigenvalue weighted by molar-refractivity contribution is 0.449. The van der Waals surface area contributed by atoms with Gasteiger partial charge in [0.25, 0.3) is 0 Å². The van der Waals surface area contributed by atoms with Gasteiger partial charge in [0.05, 0.1) is 15.8 Å². The molecule has 0 bridgehead atoms. The zero-order valence-corrected chi connectivity index (χ0v) is 11.5. The highest BCUT2D eigenvalue weighted by Crippen LogP contribution is 2.40. The lowest BCUT2D eigenvalue weighted by Gasteiger charge is -2.46. The number of likely N-dealkylation sites (N-methyl/N-ethyl adjacent to an activating group) is 1. The third kappa shape index (κ3) is 1.82. The van der Waals surface area contributed by atoms with Crippen molar-refractivity contribution in [1.82, 2.24) is 0 Å². The maximum absolute atomic E-state index is 13.6. The van der Waals surface area contributed by atoms with Crippen LogP contribution in [0.5, 0.6) is 0 Å². The van der Waals surface area contributed by atoms with Crippen molar-refractivity contribution in [2.75, 3.05) is 29.9 Å². The minimum absolute atomic E-state index is 0.175. The largest absolute Gasteiger partial charge is 0.371 e. The first kappa shape index (κ1) is 11.3. The molecule has 92 valence electrons. The van der Waals surface area contributed by atoms with Gasteiger partial charge in [0, 0.05) is 32.2 Å². The van der Waals surface area contributed by atoms with Gasteiger partial charge in [0.15, 0.2) is 0 Å². The van der Waals surface area contributed by atoms with Gasteiger partial charge in [-0.1, -0.05) is 0 Å². The van der Waals surface area contributed by atoms with E-state index >= 15 is 0 Å². The molecule has 0 saturated carbocycles. The molecule has 0 aromatic heterocycles. The number of halogens is 2. The Kier molecular flexibility index (Phi) is 2.77. The first-order chi connectivity index (χ1) is 8.16. The Bertz CT molecular complexity index is 449. The molecular weight excluding hydrogens is 283 g/mol. The summed E-state index contributed by atoms with van der Waals surface area (Å²) in [5, 5.41) is 0. The summed E-state index contributed by atoms with van der Waals surface area (Å²) in [4.78, 5) is 4.63. The molecule has 2 nitrogen and oxygen atoms in total. The highest BCUT2D eigenvalue weighted by Gasteiger charge is 2.31. The second kappa shape index (κ2) is 4.16. The predicted octanol–water partition coefficient (Wildman–Crippen LogP) is 3.40. The maximum atomic E-state index is 13.6. The Morgan fingerprint density at radius 1 is 1.29 bits per heavy atom. The van der Waals surface area contributed by atoms with Crippen LogP contribution < -0.4 is 9.80 Å². The topological polar surface area (TPSA) is 6.48 Å². The molecule has 1 saturated heterocycles. The van der Waals surface area contributed by atoms with Gasteiger partial charge in [0.1, 0.15) is 5.82 Å². The van der Waals surface area contributed by atoms with Gasteiger partial charge in [-0.2, -0.15) is 0 Å². The van der Waals surface area contributed by atoms with E-state index in [-0.39, 0.29) is 5.82 Å². The Morgan fingerprint density at radius 3 is 2.94 bits per heavy atom. The van der Waals surface area contributed by atoms with Crippen molar-refractivity contribution in [3.63, 3.8) is 0 Å². The van der Waals surface area contributed by atoms with Crippen molar-refractivity contribution in [1.29, 1.82) is 0 Å². The third-order valence-corrected chi connectivity index (χ3v) is 4.46. The van der Waals surface area contributed by atoms with Crippen LogP contribution in [0, 0.1) is 5.82 Å². The lowest BCUT2D eigenvalue weighted by atomic mass is 9.97. The molecule has 1 atom stereocenters. The van der Waals surface area contributed by atoms with Gasteiger partial charge in [-0.3, -0.25) is 0 Å². The van der Waals surface area contributed by atoms with Crippen LogP contribution in [0.3, 0.4) is 0 Å². The molecule has 2 heterocycles. The third-order valence-electron chi connectivity index (χ3n) is 3.85. The van der Waals surface area contributed by atoms with E-state index in [4.69, 9.17) is 0 Å². The lowest BCUT2D eigenvalue weighted by Crippen LogP contribution is -2.50. The average Bonchev–Trinajstić information content (AvgIpc) is 2.32. The highest BCUT2D eigenvalue weighted by atomic mass is 79.9. The van der Waals surface area contributed by atoms with E-state index in [0.29, 0.717) is 10.5 Å². The van der Waals surface area contributed by atoms with Crippen LogP contribution in [0.2, 0.25) is 0 Å². The van der Waals surface area contributed by atoms with Crippen molar-refractivity contribution in [2.24, 2.45) is 0 Å². The monoisotopic (exact) mass is 298 g/mol. The number of hydrogen-bond donors (Lipinski definition) is 0. The maximum Gasteiger partial charge on any atom is 0.139 e. The summed E-state index contributed by atoms with van der Waals surface area (Å²) in [6, 6.07) is 4.17. The molecule has 0 radical (unpaired) electrons. The molecule has 2 aliphatic rings. The fourth-order valence-corrected chi connectivity index (χ4v) is 3.31. The summed E-state index contributed by atoms with van der Waals surface area (Å²) in [5.74, 6) is -0.175.